The fourth-order valence-electron chi connectivity index (χ4n) is 3.38. The maximum absolute atomic E-state index is 12.8. The molecule has 0 unspecified atom stereocenters. The number of nitrogens with zero attached hydrogens (tertiary/aromatic N) is 2. The summed E-state index contributed by atoms with van der Waals surface area (Å²) in [6.45, 7) is 3.69. The average Bonchev–Trinajstić information content (AvgIpc) is 2.84. The quantitative estimate of drug-likeness (QED) is 0.415. The number of benzene rings is 2. The molecule has 0 radical (unpaired) electrons. The van der Waals surface area contributed by atoms with Crippen molar-refractivity contribution in [1.29, 1.82) is 0 Å². The molecule has 4 rings (SSSR count). The third-order valence-corrected chi connectivity index (χ3v) is 5.07. The van der Waals surface area contributed by atoms with Gasteiger partial charge in [0.15, 0.2) is 6.61 Å². The number of fused-ring (bicyclic) bond motifs is 1. The van der Waals surface area contributed by atoms with Crippen molar-refractivity contribution in [2.75, 3.05) is 11.9 Å². The number of carbonyl (C=O) groups excluding carboxylic acids is 2. The van der Waals surface area contributed by atoms with Crippen LogP contribution in [0.15, 0.2) is 77.7 Å². The Hall–Kier alpha value is -4.46. The molecule has 0 aliphatic rings. The van der Waals surface area contributed by atoms with Gasteiger partial charge in [-0.05, 0) is 62.4 Å². The number of ether oxygens (including phenoxy) is 2. The van der Waals surface area contributed by atoms with Crippen LogP contribution in [0.25, 0.3) is 11.0 Å². The second-order valence-corrected chi connectivity index (χ2v) is 7.55. The summed E-state index contributed by atoms with van der Waals surface area (Å²) in [4.78, 5) is 42.0. The van der Waals surface area contributed by atoms with Gasteiger partial charge in [-0.25, -0.2) is 9.78 Å². The topological polar surface area (TPSA) is 99.5 Å². The van der Waals surface area contributed by atoms with Gasteiger partial charge in [0.25, 0.3) is 5.91 Å². The molecule has 0 saturated heterocycles. The molecule has 0 spiro atoms. The Balaban J connectivity index is 1.39. The van der Waals surface area contributed by atoms with Crippen molar-refractivity contribution >= 4 is 28.6 Å². The second kappa shape index (κ2) is 9.99. The van der Waals surface area contributed by atoms with E-state index in [1.54, 1.807) is 41.0 Å². The van der Waals surface area contributed by atoms with E-state index in [1.165, 1.54) is 6.20 Å². The van der Waals surface area contributed by atoms with E-state index in [1.807, 2.05) is 44.2 Å². The van der Waals surface area contributed by atoms with E-state index in [4.69, 9.17) is 9.47 Å². The highest BCUT2D eigenvalue weighted by Gasteiger charge is 2.18. The summed E-state index contributed by atoms with van der Waals surface area (Å²) in [5.74, 6) is -0.0767. The molecule has 1 amide bonds. The Kier molecular flexibility index (Phi) is 6.68. The molecule has 8 nitrogen and oxygen atoms in total. The number of carbonyl (C=O) groups is 2. The van der Waals surface area contributed by atoms with E-state index in [2.05, 4.69) is 10.3 Å². The molecule has 172 valence electrons. The minimum Gasteiger partial charge on any atom is -0.457 e. The average molecular weight is 457 g/mol. The lowest BCUT2D eigenvalue weighted by Crippen LogP contribution is -2.25. The molecule has 0 aliphatic carbocycles. The number of amides is 1. The molecule has 0 saturated carbocycles. The lowest BCUT2D eigenvalue weighted by molar-refractivity contribution is -0.119. The number of hydrogen-bond acceptors (Lipinski definition) is 6. The second-order valence-electron chi connectivity index (χ2n) is 7.55. The SMILES string of the molecule is CCn1cc(C(=O)OCC(=O)Nc2ccc(Oc3ccccc3)cc2)c(=O)c2ccc(C)nc21. The van der Waals surface area contributed by atoms with Crippen LogP contribution in [-0.2, 0) is 16.1 Å². The molecular formula is C26H23N3O5. The van der Waals surface area contributed by atoms with Crippen LogP contribution in [0.1, 0.15) is 23.0 Å². The van der Waals surface area contributed by atoms with Gasteiger partial charge in [0.05, 0.1) is 5.39 Å². The first-order chi connectivity index (χ1) is 16.4. The predicted octanol–water partition coefficient (Wildman–Crippen LogP) is 4.31. The Morgan fingerprint density at radius 2 is 1.68 bits per heavy atom. The molecule has 8 heteroatoms. The number of esters is 1. The molecule has 0 bridgehead atoms. The smallest absolute Gasteiger partial charge is 0.344 e. The van der Waals surface area contributed by atoms with E-state index < -0.39 is 23.9 Å². The maximum Gasteiger partial charge on any atom is 0.344 e. The fourth-order valence-corrected chi connectivity index (χ4v) is 3.38. The third kappa shape index (κ3) is 5.12. The number of hydrogen-bond donors (Lipinski definition) is 1. The van der Waals surface area contributed by atoms with Gasteiger partial charge in [0.2, 0.25) is 5.43 Å². The van der Waals surface area contributed by atoms with Gasteiger partial charge in [-0.15, -0.1) is 0 Å². The fraction of sp³-hybridized carbons (Fsp3) is 0.154. The summed E-state index contributed by atoms with van der Waals surface area (Å²) in [6.07, 6.45) is 1.42. The number of anilines is 1. The lowest BCUT2D eigenvalue weighted by Gasteiger charge is -2.11. The monoisotopic (exact) mass is 457 g/mol. The van der Waals surface area contributed by atoms with Gasteiger partial charge < -0.3 is 19.4 Å². The zero-order valence-electron chi connectivity index (χ0n) is 18.8. The van der Waals surface area contributed by atoms with E-state index in [0.717, 1.165) is 5.69 Å². The highest BCUT2D eigenvalue weighted by Crippen LogP contribution is 2.22. The molecule has 2 heterocycles. The molecule has 0 atom stereocenters. The molecule has 4 aromatic rings. The minimum atomic E-state index is -0.864. The first-order valence-electron chi connectivity index (χ1n) is 10.8. The van der Waals surface area contributed by atoms with Crippen LogP contribution in [-0.4, -0.2) is 28.0 Å². The first kappa shape index (κ1) is 22.7. The number of aryl methyl sites for hydroxylation is 2. The number of rotatable bonds is 7. The van der Waals surface area contributed by atoms with Crippen molar-refractivity contribution in [3.63, 3.8) is 0 Å². The van der Waals surface area contributed by atoms with Crippen molar-refractivity contribution in [2.24, 2.45) is 0 Å². The zero-order valence-corrected chi connectivity index (χ0v) is 18.8. The van der Waals surface area contributed by atoms with Gasteiger partial charge in [-0.3, -0.25) is 9.59 Å². The highest BCUT2D eigenvalue weighted by molar-refractivity contribution is 5.96. The molecule has 34 heavy (non-hydrogen) atoms. The van der Waals surface area contributed by atoms with E-state index in [9.17, 15) is 14.4 Å². The van der Waals surface area contributed by atoms with Crippen LogP contribution < -0.4 is 15.5 Å². The molecule has 2 aromatic heterocycles. The van der Waals surface area contributed by atoms with E-state index in [0.29, 0.717) is 34.8 Å². The first-order valence-corrected chi connectivity index (χ1v) is 10.8. The Morgan fingerprint density at radius 1 is 0.971 bits per heavy atom. The van der Waals surface area contributed by atoms with Crippen molar-refractivity contribution in [2.45, 2.75) is 20.4 Å². The third-order valence-electron chi connectivity index (χ3n) is 5.07. The number of pyridine rings is 2. The van der Waals surface area contributed by atoms with Crippen LogP contribution in [0.3, 0.4) is 0 Å². The highest BCUT2D eigenvalue weighted by atomic mass is 16.5. The molecule has 2 aromatic carbocycles. The molecule has 1 N–H and O–H groups in total. The van der Waals surface area contributed by atoms with Gasteiger partial charge in [-0.2, -0.15) is 0 Å². The minimum absolute atomic E-state index is 0.143. The number of nitrogens with one attached hydrogen (secondary N) is 1. The van der Waals surface area contributed by atoms with Crippen LogP contribution in [0.4, 0.5) is 5.69 Å². The number of aromatic nitrogens is 2. The summed E-state index contributed by atoms with van der Waals surface area (Å²) in [5, 5.41) is 2.97. The molecule has 0 aliphatic heterocycles. The van der Waals surface area contributed by atoms with Crippen molar-refractivity contribution in [3.8, 4) is 11.5 Å². The van der Waals surface area contributed by atoms with Crippen LogP contribution in [0.2, 0.25) is 0 Å². The van der Waals surface area contributed by atoms with Gasteiger partial charge in [-0.1, -0.05) is 18.2 Å². The van der Waals surface area contributed by atoms with Gasteiger partial charge in [0.1, 0.15) is 22.7 Å². The predicted molar refractivity (Wildman–Crippen MR) is 128 cm³/mol. The summed E-state index contributed by atoms with van der Waals surface area (Å²) >= 11 is 0. The lowest BCUT2D eigenvalue weighted by atomic mass is 10.2. The van der Waals surface area contributed by atoms with E-state index >= 15 is 0 Å². The van der Waals surface area contributed by atoms with Crippen LogP contribution in [0.5, 0.6) is 11.5 Å². The summed E-state index contributed by atoms with van der Waals surface area (Å²) in [7, 11) is 0. The zero-order chi connectivity index (χ0) is 24.1. The molecule has 0 fully saturated rings. The van der Waals surface area contributed by atoms with Crippen LogP contribution >= 0.6 is 0 Å². The Labute approximate surface area is 195 Å². The summed E-state index contributed by atoms with van der Waals surface area (Å²) < 4.78 is 12.5. The van der Waals surface area contributed by atoms with Gasteiger partial charge >= 0.3 is 5.97 Å². The normalized spacial score (nSPS) is 10.6. The Bertz CT molecular complexity index is 1400. The maximum atomic E-state index is 12.8. The van der Waals surface area contributed by atoms with Gasteiger partial charge in [0, 0.05) is 24.1 Å². The van der Waals surface area contributed by atoms with Crippen LogP contribution in [0, 0.1) is 6.92 Å². The standard InChI is InChI=1S/C26H23N3O5/c1-3-29-15-22(24(31)21-14-9-17(2)27-25(21)29)26(32)33-16-23(30)28-18-10-12-20(13-11-18)34-19-7-5-4-6-8-19/h4-15H,3,16H2,1-2H3,(H,28,30). The van der Waals surface area contributed by atoms with E-state index in [-0.39, 0.29) is 5.56 Å². The largest absolute Gasteiger partial charge is 0.457 e. The van der Waals surface area contributed by atoms with Crippen molar-refractivity contribution in [1.82, 2.24) is 9.55 Å². The van der Waals surface area contributed by atoms with Crippen molar-refractivity contribution < 1.29 is 19.1 Å². The summed E-state index contributed by atoms with van der Waals surface area (Å²) in [5.41, 5.74) is 1.16. The summed E-state index contributed by atoms with van der Waals surface area (Å²) in [6, 6.07) is 19.5. The molecular weight excluding hydrogens is 434 g/mol. The Morgan fingerprint density at radius 3 is 2.38 bits per heavy atom. The number of para-hydroxylation sites is 1. The van der Waals surface area contributed by atoms with Crippen molar-refractivity contribution in [3.05, 3.63) is 94.4 Å².